The molecule has 0 radical (unpaired) electrons. The van der Waals surface area contributed by atoms with Gasteiger partial charge in [0, 0.05) is 25.8 Å². The summed E-state index contributed by atoms with van der Waals surface area (Å²) in [5.41, 5.74) is 8.46. The van der Waals surface area contributed by atoms with Crippen molar-refractivity contribution in [3.63, 3.8) is 0 Å². The average molecular weight is 178 g/mol. The molecule has 1 rings (SSSR count). The van der Waals surface area contributed by atoms with Crippen LogP contribution >= 0.6 is 0 Å². The number of nitrogens with zero attached hydrogens (tertiary/aromatic N) is 1. The highest BCUT2D eigenvalue weighted by Gasteiger charge is 2.09. The van der Waals surface area contributed by atoms with Crippen LogP contribution in [-0.2, 0) is 0 Å². The highest BCUT2D eigenvalue weighted by molar-refractivity contribution is 5.53. The Bertz CT molecular complexity index is 269. The van der Waals surface area contributed by atoms with Crippen molar-refractivity contribution in [2.75, 3.05) is 19.0 Å². The Morgan fingerprint density at radius 2 is 1.92 bits per heavy atom. The van der Waals surface area contributed by atoms with E-state index < -0.39 is 0 Å². The van der Waals surface area contributed by atoms with Crippen molar-refractivity contribution < 1.29 is 0 Å². The Hall–Kier alpha value is -1.02. The van der Waals surface area contributed by atoms with Crippen LogP contribution in [0.4, 0.5) is 5.69 Å². The van der Waals surface area contributed by atoms with Crippen molar-refractivity contribution in [3.05, 3.63) is 29.8 Å². The molecule has 0 bridgehead atoms. The van der Waals surface area contributed by atoms with Crippen LogP contribution in [0.5, 0.6) is 0 Å². The molecule has 1 atom stereocenters. The highest BCUT2D eigenvalue weighted by Crippen LogP contribution is 2.24. The normalized spacial score (nSPS) is 12.6. The van der Waals surface area contributed by atoms with Crippen LogP contribution in [0.3, 0.4) is 0 Å². The third-order valence-electron chi connectivity index (χ3n) is 2.26. The molecule has 13 heavy (non-hydrogen) atoms. The molecule has 1 aromatic carbocycles. The summed E-state index contributed by atoms with van der Waals surface area (Å²) < 4.78 is 0. The summed E-state index contributed by atoms with van der Waals surface area (Å²) in [5, 5.41) is 0. The molecule has 0 aliphatic rings. The van der Waals surface area contributed by atoms with Crippen LogP contribution in [0.25, 0.3) is 0 Å². The predicted octanol–water partition coefficient (Wildman–Crippen LogP) is 2.16. The van der Waals surface area contributed by atoms with Gasteiger partial charge in [-0.15, -0.1) is 0 Å². The SMILES string of the molecule is CCC(N)c1ccccc1N(C)C. The quantitative estimate of drug-likeness (QED) is 0.768. The van der Waals surface area contributed by atoms with Crippen molar-refractivity contribution in [1.82, 2.24) is 0 Å². The van der Waals surface area contributed by atoms with Crippen LogP contribution in [-0.4, -0.2) is 14.1 Å². The molecule has 1 aromatic rings. The van der Waals surface area contributed by atoms with E-state index in [0.29, 0.717) is 0 Å². The van der Waals surface area contributed by atoms with E-state index >= 15 is 0 Å². The number of anilines is 1. The van der Waals surface area contributed by atoms with Gasteiger partial charge in [-0.3, -0.25) is 0 Å². The molecular formula is C11H18N2. The molecule has 0 saturated carbocycles. The van der Waals surface area contributed by atoms with Gasteiger partial charge in [-0.1, -0.05) is 25.1 Å². The van der Waals surface area contributed by atoms with E-state index in [9.17, 15) is 0 Å². The third-order valence-corrected chi connectivity index (χ3v) is 2.26. The standard InChI is InChI=1S/C11H18N2/c1-4-10(12)9-7-5-6-8-11(9)13(2)3/h5-8,10H,4,12H2,1-3H3. The number of benzene rings is 1. The second kappa shape index (κ2) is 4.28. The van der Waals surface area contributed by atoms with Crippen molar-refractivity contribution >= 4 is 5.69 Å². The first kappa shape index (κ1) is 10.1. The van der Waals surface area contributed by atoms with E-state index in [-0.39, 0.29) is 6.04 Å². The molecule has 0 amide bonds. The van der Waals surface area contributed by atoms with Gasteiger partial charge in [-0.25, -0.2) is 0 Å². The second-order valence-corrected chi connectivity index (χ2v) is 3.47. The monoisotopic (exact) mass is 178 g/mol. The smallest absolute Gasteiger partial charge is 0.0409 e. The maximum atomic E-state index is 6.01. The van der Waals surface area contributed by atoms with Gasteiger partial charge in [0.05, 0.1) is 0 Å². The Labute approximate surface area is 80.4 Å². The molecule has 72 valence electrons. The lowest BCUT2D eigenvalue weighted by Crippen LogP contribution is -2.16. The summed E-state index contributed by atoms with van der Waals surface area (Å²) in [6, 6.07) is 8.44. The molecule has 2 nitrogen and oxygen atoms in total. The van der Waals surface area contributed by atoms with Gasteiger partial charge in [0.2, 0.25) is 0 Å². The fraction of sp³-hybridized carbons (Fsp3) is 0.455. The first-order valence-corrected chi connectivity index (χ1v) is 4.68. The van der Waals surface area contributed by atoms with E-state index in [1.807, 2.05) is 26.2 Å². The molecule has 0 fully saturated rings. The van der Waals surface area contributed by atoms with Crippen molar-refractivity contribution in [2.24, 2.45) is 5.73 Å². The number of nitrogens with two attached hydrogens (primary N) is 1. The molecule has 0 saturated heterocycles. The molecule has 0 aromatic heterocycles. The Morgan fingerprint density at radius 3 is 2.46 bits per heavy atom. The van der Waals surface area contributed by atoms with E-state index in [1.54, 1.807) is 0 Å². The van der Waals surface area contributed by atoms with Crippen LogP contribution < -0.4 is 10.6 Å². The first-order valence-electron chi connectivity index (χ1n) is 4.68. The number of hydrogen-bond acceptors (Lipinski definition) is 2. The van der Waals surface area contributed by atoms with E-state index in [4.69, 9.17) is 5.73 Å². The van der Waals surface area contributed by atoms with Gasteiger partial charge < -0.3 is 10.6 Å². The fourth-order valence-corrected chi connectivity index (χ4v) is 1.43. The van der Waals surface area contributed by atoms with Crippen molar-refractivity contribution in [3.8, 4) is 0 Å². The van der Waals surface area contributed by atoms with Gasteiger partial charge in [0.25, 0.3) is 0 Å². The second-order valence-electron chi connectivity index (χ2n) is 3.47. The Kier molecular flexibility index (Phi) is 3.32. The fourth-order valence-electron chi connectivity index (χ4n) is 1.43. The van der Waals surface area contributed by atoms with Gasteiger partial charge in [0.15, 0.2) is 0 Å². The predicted molar refractivity (Wildman–Crippen MR) is 58.0 cm³/mol. The van der Waals surface area contributed by atoms with Crippen LogP contribution in [0.15, 0.2) is 24.3 Å². The van der Waals surface area contributed by atoms with Gasteiger partial charge in [0.1, 0.15) is 0 Å². The van der Waals surface area contributed by atoms with Crippen LogP contribution in [0.1, 0.15) is 24.9 Å². The minimum Gasteiger partial charge on any atom is -0.377 e. The number of hydrogen-bond donors (Lipinski definition) is 1. The molecule has 1 unspecified atom stereocenters. The molecule has 0 spiro atoms. The summed E-state index contributed by atoms with van der Waals surface area (Å²) in [4.78, 5) is 2.10. The van der Waals surface area contributed by atoms with E-state index in [1.165, 1.54) is 11.3 Å². The van der Waals surface area contributed by atoms with Crippen molar-refractivity contribution in [2.45, 2.75) is 19.4 Å². The molecular weight excluding hydrogens is 160 g/mol. The lowest BCUT2D eigenvalue weighted by molar-refractivity contribution is 0.697. The summed E-state index contributed by atoms with van der Waals surface area (Å²) in [7, 11) is 4.09. The van der Waals surface area contributed by atoms with E-state index in [2.05, 4.69) is 24.0 Å². The average Bonchev–Trinajstić information content (AvgIpc) is 2.16. The van der Waals surface area contributed by atoms with Crippen molar-refractivity contribution in [1.29, 1.82) is 0 Å². The zero-order valence-corrected chi connectivity index (χ0v) is 8.62. The summed E-state index contributed by atoms with van der Waals surface area (Å²) in [5.74, 6) is 0. The number of rotatable bonds is 3. The lowest BCUT2D eigenvalue weighted by Gasteiger charge is -2.20. The topological polar surface area (TPSA) is 29.3 Å². The molecule has 0 aliphatic carbocycles. The molecule has 2 heteroatoms. The minimum absolute atomic E-state index is 0.151. The molecule has 0 aliphatic heterocycles. The van der Waals surface area contributed by atoms with Gasteiger partial charge in [-0.2, -0.15) is 0 Å². The largest absolute Gasteiger partial charge is 0.377 e. The summed E-state index contributed by atoms with van der Waals surface area (Å²) in [6.45, 7) is 2.11. The molecule has 0 heterocycles. The number of para-hydroxylation sites is 1. The lowest BCUT2D eigenvalue weighted by atomic mass is 10.0. The maximum Gasteiger partial charge on any atom is 0.0409 e. The zero-order chi connectivity index (χ0) is 9.84. The summed E-state index contributed by atoms with van der Waals surface area (Å²) >= 11 is 0. The highest BCUT2D eigenvalue weighted by atomic mass is 15.1. The molecule has 2 N–H and O–H groups in total. The minimum atomic E-state index is 0.151. The Morgan fingerprint density at radius 1 is 1.31 bits per heavy atom. The third kappa shape index (κ3) is 2.22. The first-order chi connectivity index (χ1) is 6.16. The van der Waals surface area contributed by atoms with Gasteiger partial charge in [-0.05, 0) is 18.1 Å². The summed E-state index contributed by atoms with van der Waals surface area (Å²) in [6.07, 6.45) is 0.977. The van der Waals surface area contributed by atoms with E-state index in [0.717, 1.165) is 6.42 Å². The van der Waals surface area contributed by atoms with Gasteiger partial charge >= 0.3 is 0 Å². The Balaban J connectivity index is 3.04. The van der Waals surface area contributed by atoms with Crippen LogP contribution in [0, 0.1) is 0 Å². The maximum absolute atomic E-state index is 6.01. The van der Waals surface area contributed by atoms with Crippen LogP contribution in [0.2, 0.25) is 0 Å². The zero-order valence-electron chi connectivity index (χ0n) is 8.62.